The van der Waals surface area contributed by atoms with Crippen LogP contribution in [0.25, 0.3) is 5.57 Å². The summed E-state index contributed by atoms with van der Waals surface area (Å²) in [5.74, 6) is -0.394. The quantitative estimate of drug-likeness (QED) is 0.471. The van der Waals surface area contributed by atoms with Crippen molar-refractivity contribution in [3.05, 3.63) is 94.6 Å². The molecule has 4 rings (SSSR count). The van der Waals surface area contributed by atoms with Crippen molar-refractivity contribution in [1.29, 1.82) is 0 Å². The van der Waals surface area contributed by atoms with Gasteiger partial charge in [-0.15, -0.1) is 0 Å². The van der Waals surface area contributed by atoms with Gasteiger partial charge in [-0.3, -0.25) is 9.59 Å². The molecule has 0 atom stereocenters. The molecule has 3 aromatic rings. The van der Waals surface area contributed by atoms with E-state index in [1.165, 1.54) is 12.7 Å². The van der Waals surface area contributed by atoms with Crippen LogP contribution in [-0.4, -0.2) is 18.9 Å². The molecule has 6 heteroatoms. The minimum atomic E-state index is -0.444. The zero-order chi connectivity index (χ0) is 23.8. The fourth-order valence-corrected chi connectivity index (χ4v) is 4.00. The first-order chi connectivity index (χ1) is 15.7. The third-order valence-electron chi connectivity index (χ3n) is 5.56. The van der Waals surface area contributed by atoms with Crippen LogP contribution in [0.2, 0.25) is 5.02 Å². The van der Waals surface area contributed by atoms with Crippen molar-refractivity contribution in [3.63, 3.8) is 0 Å². The zero-order valence-corrected chi connectivity index (χ0v) is 19.7. The van der Waals surface area contributed by atoms with Crippen LogP contribution >= 0.6 is 11.6 Å². The minimum Gasteiger partial charge on any atom is -0.495 e. The Morgan fingerprint density at radius 3 is 2.12 bits per heavy atom. The van der Waals surface area contributed by atoms with E-state index in [1.807, 2.05) is 54.6 Å². The summed E-state index contributed by atoms with van der Waals surface area (Å²) < 4.78 is 5.20. The van der Waals surface area contributed by atoms with E-state index >= 15 is 0 Å². The molecule has 0 fully saturated rings. The Morgan fingerprint density at radius 1 is 0.879 bits per heavy atom. The van der Waals surface area contributed by atoms with E-state index in [9.17, 15) is 9.59 Å². The highest BCUT2D eigenvalue weighted by Crippen LogP contribution is 2.36. The average Bonchev–Trinajstić information content (AvgIpc) is 3.03. The van der Waals surface area contributed by atoms with E-state index in [0.29, 0.717) is 27.6 Å². The first-order valence-corrected chi connectivity index (χ1v) is 11.0. The number of halogens is 1. The van der Waals surface area contributed by atoms with Crippen molar-refractivity contribution in [2.24, 2.45) is 0 Å². The summed E-state index contributed by atoms with van der Waals surface area (Å²) >= 11 is 6.27. The predicted molar refractivity (Wildman–Crippen MR) is 133 cm³/mol. The van der Waals surface area contributed by atoms with Gasteiger partial charge in [-0.05, 0) is 46.9 Å². The average molecular weight is 461 g/mol. The lowest BCUT2D eigenvalue weighted by atomic mass is 9.87. The molecule has 0 aliphatic carbocycles. The van der Waals surface area contributed by atoms with Gasteiger partial charge in [0, 0.05) is 5.69 Å². The maximum absolute atomic E-state index is 13.5. The predicted octanol–water partition coefficient (Wildman–Crippen LogP) is 6.04. The van der Waals surface area contributed by atoms with Crippen molar-refractivity contribution in [2.45, 2.75) is 26.2 Å². The molecule has 5 nitrogen and oxygen atoms in total. The van der Waals surface area contributed by atoms with E-state index in [-0.39, 0.29) is 11.1 Å². The molecule has 0 saturated carbocycles. The smallest absolute Gasteiger partial charge is 0.282 e. The van der Waals surface area contributed by atoms with Crippen molar-refractivity contribution in [1.82, 2.24) is 0 Å². The number of methoxy groups -OCH3 is 1. The third kappa shape index (κ3) is 4.37. The highest BCUT2D eigenvalue weighted by atomic mass is 35.5. The molecular formula is C27H25ClN2O3. The number of hydrogen-bond donors (Lipinski definition) is 1. The lowest BCUT2D eigenvalue weighted by molar-refractivity contribution is -0.120. The SMILES string of the molecule is COc1ccc(N2C(=O)C(Nc3ccc(C(C)(C)C)cc3)=C(c3ccccc3)C2=O)cc1Cl. The standard InChI is InChI=1S/C27H25ClN2O3/c1-27(2,3)18-10-12-19(13-11-18)29-24-23(17-8-6-5-7-9-17)25(31)30(26(24)32)20-14-15-22(33-4)21(28)16-20/h5-16,29H,1-4H3. The Balaban J connectivity index is 1.76. The summed E-state index contributed by atoms with van der Waals surface area (Å²) in [6.07, 6.45) is 0. The van der Waals surface area contributed by atoms with E-state index in [2.05, 4.69) is 26.1 Å². The number of hydrogen-bond acceptors (Lipinski definition) is 4. The largest absolute Gasteiger partial charge is 0.495 e. The molecular weight excluding hydrogens is 436 g/mol. The maximum atomic E-state index is 13.5. The molecule has 1 heterocycles. The number of nitrogens with one attached hydrogen (secondary N) is 1. The molecule has 33 heavy (non-hydrogen) atoms. The molecule has 0 unspecified atom stereocenters. The number of nitrogens with zero attached hydrogens (tertiary/aromatic N) is 1. The van der Waals surface area contributed by atoms with Gasteiger partial charge in [0.2, 0.25) is 0 Å². The molecule has 1 N–H and O–H groups in total. The van der Waals surface area contributed by atoms with E-state index in [1.54, 1.807) is 18.2 Å². The molecule has 0 radical (unpaired) electrons. The minimum absolute atomic E-state index is 0.0105. The highest BCUT2D eigenvalue weighted by Gasteiger charge is 2.40. The van der Waals surface area contributed by atoms with Gasteiger partial charge in [0.25, 0.3) is 11.8 Å². The van der Waals surface area contributed by atoms with Crippen molar-refractivity contribution >= 4 is 40.4 Å². The van der Waals surface area contributed by atoms with Crippen LogP contribution in [0.3, 0.4) is 0 Å². The van der Waals surface area contributed by atoms with Gasteiger partial charge in [0.15, 0.2) is 0 Å². The van der Waals surface area contributed by atoms with Crippen molar-refractivity contribution in [3.8, 4) is 5.75 Å². The zero-order valence-electron chi connectivity index (χ0n) is 19.0. The summed E-state index contributed by atoms with van der Waals surface area (Å²) in [6.45, 7) is 6.42. The van der Waals surface area contributed by atoms with Gasteiger partial charge < -0.3 is 10.1 Å². The molecule has 2 amide bonds. The molecule has 3 aromatic carbocycles. The van der Waals surface area contributed by atoms with Crippen LogP contribution in [-0.2, 0) is 15.0 Å². The second-order valence-electron chi connectivity index (χ2n) is 8.83. The van der Waals surface area contributed by atoms with Crippen LogP contribution in [0, 0.1) is 0 Å². The van der Waals surface area contributed by atoms with Gasteiger partial charge in [-0.1, -0.05) is 74.8 Å². The number of benzene rings is 3. The van der Waals surface area contributed by atoms with Gasteiger partial charge in [0.05, 0.1) is 23.4 Å². The molecule has 0 aromatic heterocycles. The van der Waals surface area contributed by atoms with Crippen LogP contribution in [0.15, 0.2) is 78.5 Å². The number of ether oxygens (including phenoxy) is 1. The van der Waals surface area contributed by atoms with E-state index < -0.39 is 11.8 Å². The van der Waals surface area contributed by atoms with Gasteiger partial charge in [-0.25, -0.2) is 4.90 Å². The van der Waals surface area contributed by atoms with E-state index in [4.69, 9.17) is 16.3 Å². The second-order valence-corrected chi connectivity index (χ2v) is 9.24. The van der Waals surface area contributed by atoms with E-state index in [0.717, 1.165) is 10.6 Å². The van der Waals surface area contributed by atoms with Gasteiger partial charge >= 0.3 is 0 Å². The van der Waals surface area contributed by atoms with Crippen LogP contribution in [0.5, 0.6) is 5.75 Å². The Labute approximate surface area is 198 Å². The highest BCUT2D eigenvalue weighted by molar-refractivity contribution is 6.46. The number of imide groups is 1. The number of rotatable bonds is 5. The first kappa shape index (κ1) is 22.6. The Kier molecular flexibility index (Phi) is 6.00. The number of carbonyl (C=O) groups is 2. The summed E-state index contributed by atoms with van der Waals surface area (Å²) in [5, 5.41) is 3.51. The molecule has 0 saturated heterocycles. The summed E-state index contributed by atoms with van der Waals surface area (Å²) in [4.78, 5) is 28.1. The molecule has 168 valence electrons. The van der Waals surface area contributed by atoms with Crippen LogP contribution in [0.1, 0.15) is 31.9 Å². The molecule has 1 aliphatic rings. The normalized spacial score (nSPS) is 14.2. The van der Waals surface area contributed by atoms with Crippen molar-refractivity contribution < 1.29 is 14.3 Å². The number of anilines is 2. The Morgan fingerprint density at radius 2 is 1.55 bits per heavy atom. The topological polar surface area (TPSA) is 58.6 Å². The molecule has 0 bridgehead atoms. The molecule has 1 aliphatic heterocycles. The third-order valence-corrected chi connectivity index (χ3v) is 5.86. The lowest BCUT2D eigenvalue weighted by Crippen LogP contribution is -2.32. The lowest BCUT2D eigenvalue weighted by Gasteiger charge is -2.19. The summed E-state index contributed by atoms with van der Waals surface area (Å²) in [6, 6.07) is 21.9. The second kappa shape index (κ2) is 8.75. The fourth-order valence-electron chi connectivity index (χ4n) is 3.75. The van der Waals surface area contributed by atoms with Crippen LogP contribution < -0.4 is 15.0 Å². The number of carbonyl (C=O) groups excluding carboxylic acids is 2. The van der Waals surface area contributed by atoms with Crippen LogP contribution in [0.4, 0.5) is 11.4 Å². The van der Waals surface area contributed by atoms with Gasteiger partial charge in [0.1, 0.15) is 11.4 Å². The van der Waals surface area contributed by atoms with Crippen molar-refractivity contribution in [2.75, 3.05) is 17.3 Å². The Hall–Kier alpha value is -3.57. The summed E-state index contributed by atoms with van der Waals surface area (Å²) in [7, 11) is 1.51. The molecule has 0 spiro atoms. The number of amides is 2. The summed E-state index contributed by atoms with van der Waals surface area (Å²) in [5.41, 5.74) is 3.48. The monoisotopic (exact) mass is 460 g/mol. The van der Waals surface area contributed by atoms with Gasteiger partial charge in [-0.2, -0.15) is 0 Å². The first-order valence-electron chi connectivity index (χ1n) is 10.6. The Bertz CT molecular complexity index is 1240. The fraction of sp³-hybridized carbons (Fsp3) is 0.185. The maximum Gasteiger partial charge on any atom is 0.282 e.